The Morgan fingerprint density at radius 3 is 1.69 bits per heavy atom. The summed E-state index contributed by atoms with van der Waals surface area (Å²) in [4.78, 5) is 22.5. The zero-order valence-corrected chi connectivity index (χ0v) is 28.4. The van der Waals surface area contributed by atoms with Gasteiger partial charge in [-0.3, -0.25) is 0 Å². The number of benzene rings is 2. The van der Waals surface area contributed by atoms with Gasteiger partial charge in [0.15, 0.2) is 5.15 Å². The molecule has 0 aliphatic heterocycles. The van der Waals surface area contributed by atoms with Crippen molar-refractivity contribution in [2.45, 2.75) is 58.6 Å². The van der Waals surface area contributed by atoms with E-state index in [0.717, 1.165) is 0 Å². The Balaban J connectivity index is 0.000000177. The molecule has 0 spiro atoms. The van der Waals surface area contributed by atoms with E-state index in [-0.39, 0.29) is 66.7 Å². The zero-order chi connectivity index (χ0) is 35.3. The van der Waals surface area contributed by atoms with Gasteiger partial charge in [-0.2, -0.15) is 0 Å². The summed E-state index contributed by atoms with van der Waals surface area (Å²) in [5.41, 5.74) is 13.9. The van der Waals surface area contributed by atoms with Crippen LogP contribution in [0.15, 0.2) is 86.3 Å². The van der Waals surface area contributed by atoms with Crippen LogP contribution >= 0.6 is 11.6 Å². The van der Waals surface area contributed by atoms with Gasteiger partial charge in [-0.05, 0) is 50.1 Å². The quantitative estimate of drug-likeness (QED) is 0.148. The number of rotatable bonds is 5. The Bertz CT molecular complexity index is 2490. The van der Waals surface area contributed by atoms with E-state index in [9.17, 15) is 25.6 Å². The number of nitrogens with two attached hydrogens (primary N) is 2. The van der Waals surface area contributed by atoms with E-state index in [0.29, 0.717) is 33.9 Å². The lowest BCUT2D eigenvalue weighted by molar-refractivity contribution is -0.00605. The number of H-pyrrole nitrogens is 2. The van der Waals surface area contributed by atoms with Crippen molar-refractivity contribution in [3.8, 4) is 0 Å². The summed E-state index contributed by atoms with van der Waals surface area (Å²) in [5, 5.41) is 0.138. The first-order chi connectivity index (χ1) is 23.1. The fraction of sp³-hybridized carbons (Fsp3) is 0.188. The van der Waals surface area contributed by atoms with Crippen LogP contribution < -0.4 is 11.5 Å². The van der Waals surface area contributed by atoms with E-state index in [2.05, 4.69) is 29.9 Å². The van der Waals surface area contributed by atoms with Gasteiger partial charge in [-0.15, -0.1) is 0 Å². The molecule has 4 aromatic heterocycles. The minimum Gasteiger partial charge on any atom is -0.384 e. The SMILES string of the molecule is Cc1nc(C2=CCC(F)(F)CC2)c2[nH]c(N)c(S(=O)(=O)c3ccccc3)c2n1.Cc1nc(Cl)c2[nH]c(N)c(S(=O)(=O)c3ccccc3)c2n1. The van der Waals surface area contributed by atoms with Gasteiger partial charge in [0.25, 0.3) is 5.92 Å². The number of fused-ring (bicyclic) bond motifs is 2. The molecule has 1 aliphatic carbocycles. The molecule has 0 bridgehead atoms. The van der Waals surface area contributed by atoms with Crippen LogP contribution in [0, 0.1) is 13.8 Å². The second kappa shape index (κ2) is 12.5. The molecular formula is C32H29ClF2N8O4S2. The predicted molar refractivity (Wildman–Crippen MR) is 182 cm³/mol. The molecule has 254 valence electrons. The molecule has 0 fully saturated rings. The minimum atomic E-state index is -3.92. The number of alkyl halides is 2. The maximum atomic E-state index is 13.5. The van der Waals surface area contributed by atoms with Crippen LogP contribution in [0.3, 0.4) is 0 Å². The van der Waals surface area contributed by atoms with Crippen molar-refractivity contribution >= 4 is 70.6 Å². The third kappa shape index (κ3) is 6.34. The van der Waals surface area contributed by atoms with Crippen molar-refractivity contribution in [3.05, 3.63) is 89.2 Å². The third-order valence-electron chi connectivity index (χ3n) is 7.79. The van der Waals surface area contributed by atoms with Crippen LogP contribution in [0.4, 0.5) is 20.4 Å². The summed E-state index contributed by atoms with van der Waals surface area (Å²) in [6, 6.07) is 16.0. The lowest BCUT2D eigenvalue weighted by Gasteiger charge is -2.21. The van der Waals surface area contributed by atoms with E-state index in [4.69, 9.17) is 23.1 Å². The molecule has 0 atom stereocenters. The number of aromatic nitrogens is 6. The lowest BCUT2D eigenvalue weighted by atomic mass is 9.93. The van der Waals surface area contributed by atoms with E-state index in [1.54, 1.807) is 50.2 Å². The van der Waals surface area contributed by atoms with E-state index >= 15 is 0 Å². The summed E-state index contributed by atoms with van der Waals surface area (Å²) in [6.45, 7) is 3.26. The number of nitrogens with one attached hydrogen (secondary N) is 2. The van der Waals surface area contributed by atoms with Gasteiger partial charge >= 0.3 is 0 Å². The van der Waals surface area contributed by atoms with Crippen molar-refractivity contribution in [1.29, 1.82) is 0 Å². The van der Waals surface area contributed by atoms with Crippen molar-refractivity contribution in [3.63, 3.8) is 0 Å². The smallest absolute Gasteiger partial charge is 0.251 e. The summed E-state index contributed by atoms with van der Waals surface area (Å²) in [6.07, 6.45) is 0.929. The Labute approximate surface area is 284 Å². The number of nitrogen functional groups attached to an aromatic ring is 2. The number of aryl methyl sites for hydroxylation is 2. The molecule has 0 amide bonds. The average Bonchev–Trinajstić information content (AvgIpc) is 3.58. The van der Waals surface area contributed by atoms with Crippen molar-refractivity contribution in [2.24, 2.45) is 0 Å². The molecule has 1 aliphatic rings. The number of anilines is 2. The van der Waals surface area contributed by atoms with Crippen LogP contribution in [0.5, 0.6) is 0 Å². The molecular weight excluding hydrogens is 698 g/mol. The largest absolute Gasteiger partial charge is 0.384 e. The zero-order valence-electron chi connectivity index (χ0n) is 26.0. The maximum absolute atomic E-state index is 13.5. The van der Waals surface area contributed by atoms with Crippen LogP contribution in [-0.4, -0.2) is 52.7 Å². The fourth-order valence-corrected chi connectivity index (χ4v) is 8.77. The molecule has 12 nitrogen and oxygen atoms in total. The first-order valence-electron chi connectivity index (χ1n) is 14.7. The summed E-state index contributed by atoms with van der Waals surface area (Å²) in [7, 11) is -7.71. The molecule has 6 aromatic rings. The van der Waals surface area contributed by atoms with Gasteiger partial charge in [0.2, 0.25) is 19.7 Å². The van der Waals surface area contributed by atoms with Gasteiger partial charge in [0.1, 0.15) is 49.6 Å². The second-order valence-electron chi connectivity index (χ2n) is 11.3. The highest BCUT2D eigenvalue weighted by molar-refractivity contribution is 7.92. The van der Waals surface area contributed by atoms with Crippen LogP contribution in [0.25, 0.3) is 27.6 Å². The highest BCUT2D eigenvalue weighted by Crippen LogP contribution is 2.40. The second-order valence-corrected chi connectivity index (χ2v) is 15.4. The molecule has 17 heteroatoms. The lowest BCUT2D eigenvalue weighted by Crippen LogP contribution is -2.18. The van der Waals surface area contributed by atoms with Gasteiger partial charge in [-0.25, -0.2) is 45.6 Å². The molecule has 2 aromatic carbocycles. The molecule has 6 N–H and O–H groups in total. The Hall–Kier alpha value is -4.93. The average molecular weight is 727 g/mol. The Morgan fingerprint density at radius 2 is 1.20 bits per heavy atom. The molecule has 49 heavy (non-hydrogen) atoms. The van der Waals surface area contributed by atoms with Crippen LogP contribution in [-0.2, 0) is 19.7 Å². The molecule has 0 radical (unpaired) electrons. The van der Waals surface area contributed by atoms with E-state index in [1.165, 1.54) is 30.3 Å². The minimum absolute atomic E-state index is 0.00402. The molecule has 0 saturated carbocycles. The number of nitrogens with zero attached hydrogens (tertiary/aromatic N) is 4. The number of allylic oxidation sites excluding steroid dienone is 2. The summed E-state index contributed by atoms with van der Waals surface area (Å²) < 4.78 is 78.8. The van der Waals surface area contributed by atoms with E-state index in [1.807, 2.05) is 0 Å². The first-order valence-corrected chi connectivity index (χ1v) is 18.1. The molecule has 0 unspecified atom stereocenters. The number of hydrogen-bond donors (Lipinski definition) is 4. The normalized spacial score (nSPS) is 14.8. The third-order valence-corrected chi connectivity index (χ3v) is 11.8. The Morgan fingerprint density at radius 1 is 0.735 bits per heavy atom. The van der Waals surface area contributed by atoms with Crippen LogP contribution in [0.1, 0.15) is 36.6 Å². The molecule has 0 saturated heterocycles. The Kier molecular flexibility index (Phi) is 8.67. The molecule has 7 rings (SSSR count). The number of aromatic amines is 2. The number of hydrogen-bond acceptors (Lipinski definition) is 10. The van der Waals surface area contributed by atoms with Gasteiger partial charge in [0.05, 0.1) is 21.0 Å². The van der Waals surface area contributed by atoms with Gasteiger partial charge < -0.3 is 21.4 Å². The van der Waals surface area contributed by atoms with E-state index < -0.39 is 25.6 Å². The van der Waals surface area contributed by atoms with Crippen molar-refractivity contribution in [1.82, 2.24) is 29.9 Å². The summed E-state index contributed by atoms with van der Waals surface area (Å²) >= 11 is 6.01. The predicted octanol–water partition coefficient (Wildman–Crippen LogP) is 6.22. The number of halogens is 3. The van der Waals surface area contributed by atoms with Gasteiger partial charge in [-0.1, -0.05) is 54.1 Å². The molecule has 4 heterocycles. The van der Waals surface area contributed by atoms with Crippen LogP contribution in [0.2, 0.25) is 5.15 Å². The highest BCUT2D eigenvalue weighted by Gasteiger charge is 2.34. The van der Waals surface area contributed by atoms with Crippen molar-refractivity contribution in [2.75, 3.05) is 11.5 Å². The fourth-order valence-electron chi connectivity index (χ4n) is 5.53. The van der Waals surface area contributed by atoms with Gasteiger partial charge in [0, 0.05) is 12.8 Å². The summed E-state index contributed by atoms with van der Waals surface area (Å²) in [5.74, 6) is -2.08. The standard InChI is InChI=1S/C19H18F2N4O2S.C13H11ClN4O2S/c1-11-23-14(12-7-9-19(20,21)10-8-12)15-16(24-11)17(18(22)25-15)28(26,27)13-5-3-2-4-6-13;1-7-16-9-10(12(14)17-7)18-13(15)11(9)21(19,20)8-5-3-2-4-6-8/h2-7,25H,8-10,22H2,1H3;2-6,18H,15H2,1H3. The maximum Gasteiger partial charge on any atom is 0.251 e. The monoisotopic (exact) mass is 726 g/mol. The van der Waals surface area contributed by atoms with Crippen molar-refractivity contribution < 1.29 is 25.6 Å². The highest BCUT2D eigenvalue weighted by atomic mass is 35.5. The number of sulfone groups is 2. The first kappa shape index (κ1) is 34.0. The topological polar surface area (TPSA) is 203 Å².